The molecule has 1 aromatic heterocycles. The molecule has 0 saturated carbocycles. The van der Waals surface area contributed by atoms with Gasteiger partial charge in [0.05, 0.1) is 19.0 Å². The lowest BCUT2D eigenvalue weighted by molar-refractivity contribution is -0.909. The summed E-state index contributed by atoms with van der Waals surface area (Å²) in [7, 11) is 4.35. The molecule has 0 aliphatic rings. The third-order valence-electron chi connectivity index (χ3n) is 3.61. The molecule has 2 aromatic rings. The van der Waals surface area contributed by atoms with E-state index in [-0.39, 0.29) is 0 Å². The molecule has 0 radical (unpaired) electrons. The van der Waals surface area contributed by atoms with E-state index < -0.39 is 6.10 Å². The number of hydrogen-bond acceptors (Lipinski definition) is 3. The Morgan fingerprint density at radius 3 is 2.55 bits per heavy atom. The third kappa shape index (κ3) is 5.42. The van der Waals surface area contributed by atoms with Gasteiger partial charge in [-0.15, -0.1) is 11.3 Å². The minimum Gasteiger partial charge on any atom is -0.491 e. The standard InChI is InChI=1S/C17H24N2O2S/c1-19(2)16(17-9-6-10-22-17)12-18-11-14(20)13-21-15-7-4-3-5-8-15/h3-10,14,16,18,20H,11-13H2,1-2H3/p+2/t14-,16-/m0/s1. The summed E-state index contributed by atoms with van der Waals surface area (Å²) in [4.78, 5) is 2.81. The maximum absolute atomic E-state index is 10.0. The highest BCUT2D eigenvalue weighted by Gasteiger charge is 2.21. The Kier molecular flexibility index (Phi) is 6.86. The van der Waals surface area contributed by atoms with Gasteiger partial charge < -0.3 is 20.1 Å². The van der Waals surface area contributed by atoms with Crippen LogP contribution in [0.3, 0.4) is 0 Å². The second-order valence-corrected chi connectivity index (χ2v) is 6.66. The number of thiophene rings is 1. The molecule has 22 heavy (non-hydrogen) atoms. The number of ether oxygens (including phenoxy) is 1. The first-order chi connectivity index (χ1) is 10.7. The molecular weight excluding hydrogens is 296 g/mol. The Bertz CT molecular complexity index is 517. The smallest absolute Gasteiger partial charge is 0.171 e. The first kappa shape index (κ1) is 17.0. The van der Waals surface area contributed by atoms with Crippen molar-refractivity contribution in [2.24, 2.45) is 0 Å². The molecule has 0 bridgehead atoms. The number of quaternary nitrogens is 2. The van der Waals surface area contributed by atoms with E-state index in [0.29, 0.717) is 19.2 Å². The van der Waals surface area contributed by atoms with Crippen LogP contribution in [0.2, 0.25) is 0 Å². The van der Waals surface area contributed by atoms with Crippen molar-refractivity contribution in [3.8, 4) is 5.75 Å². The van der Waals surface area contributed by atoms with E-state index in [1.54, 1.807) is 11.3 Å². The molecule has 0 aliphatic carbocycles. The molecule has 0 aliphatic heterocycles. The van der Waals surface area contributed by atoms with Crippen molar-refractivity contribution in [3.05, 3.63) is 52.7 Å². The molecule has 0 saturated heterocycles. The van der Waals surface area contributed by atoms with Gasteiger partial charge in [-0.3, -0.25) is 0 Å². The molecule has 0 amide bonds. The Morgan fingerprint density at radius 1 is 1.14 bits per heavy atom. The predicted octanol–water partition coefficient (Wildman–Crippen LogP) is -0.0630. The van der Waals surface area contributed by atoms with Crippen molar-refractivity contribution in [3.63, 3.8) is 0 Å². The Morgan fingerprint density at radius 2 is 1.91 bits per heavy atom. The molecule has 2 atom stereocenters. The van der Waals surface area contributed by atoms with Crippen LogP contribution in [-0.2, 0) is 0 Å². The zero-order valence-electron chi connectivity index (χ0n) is 13.2. The van der Waals surface area contributed by atoms with E-state index >= 15 is 0 Å². The average molecular weight is 322 g/mol. The number of aliphatic hydroxyl groups is 1. The van der Waals surface area contributed by atoms with Crippen LogP contribution < -0.4 is 15.0 Å². The van der Waals surface area contributed by atoms with Crippen LogP contribution in [0.25, 0.3) is 0 Å². The van der Waals surface area contributed by atoms with Crippen molar-refractivity contribution in [2.75, 3.05) is 33.8 Å². The minimum atomic E-state index is -0.457. The van der Waals surface area contributed by atoms with Gasteiger partial charge in [-0.2, -0.15) is 0 Å². The molecule has 0 unspecified atom stereocenters. The number of rotatable bonds is 9. The van der Waals surface area contributed by atoms with Gasteiger partial charge >= 0.3 is 0 Å². The lowest BCUT2D eigenvalue weighted by Gasteiger charge is -2.19. The van der Waals surface area contributed by atoms with Crippen LogP contribution in [-0.4, -0.2) is 45.0 Å². The van der Waals surface area contributed by atoms with Gasteiger partial charge in [0.25, 0.3) is 0 Å². The first-order valence-electron chi connectivity index (χ1n) is 7.68. The van der Waals surface area contributed by atoms with Crippen molar-refractivity contribution >= 4 is 11.3 Å². The molecule has 0 fully saturated rings. The van der Waals surface area contributed by atoms with Crippen LogP contribution in [0, 0.1) is 0 Å². The molecule has 4 N–H and O–H groups in total. The zero-order chi connectivity index (χ0) is 15.8. The van der Waals surface area contributed by atoms with Crippen molar-refractivity contribution in [1.29, 1.82) is 0 Å². The normalized spacial score (nSPS) is 14.0. The second kappa shape index (κ2) is 8.90. The summed E-state index contributed by atoms with van der Waals surface area (Å²) in [5.41, 5.74) is 0. The van der Waals surface area contributed by atoms with E-state index in [1.165, 1.54) is 9.78 Å². The number of benzene rings is 1. The van der Waals surface area contributed by atoms with Gasteiger partial charge in [-0.25, -0.2) is 0 Å². The van der Waals surface area contributed by atoms with Gasteiger partial charge in [-0.1, -0.05) is 24.3 Å². The second-order valence-electron chi connectivity index (χ2n) is 5.68. The first-order valence-corrected chi connectivity index (χ1v) is 8.56. The van der Waals surface area contributed by atoms with Gasteiger partial charge in [-0.05, 0) is 23.6 Å². The molecular formula is C17H26N2O2S+2. The lowest BCUT2D eigenvalue weighted by atomic mass is 10.2. The number of likely N-dealkylation sites (N-methyl/N-ethyl adjacent to an activating group) is 1. The van der Waals surface area contributed by atoms with Gasteiger partial charge in [0.1, 0.15) is 31.5 Å². The maximum atomic E-state index is 10.0. The number of nitrogens with one attached hydrogen (secondary N) is 1. The van der Waals surface area contributed by atoms with Crippen LogP contribution >= 0.6 is 11.3 Å². The highest BCUT2D eigenvalue weighted by Crippen LogP contribution is 2.14. The molecule has 5 heteroatoms. The Labute approximate surface area is 136 Å². The van der Waals surface area contributed by atoms with Crippen molar-refractivity contribution in [1.82, 2.24) is 0 Å². The number of aliphatic hydroxyl groups excluding tert-OH is 1. The number of hydrogen-bond donors (Lipinski definition) is 3. The van der Waals surface area contributed by atoms with Crippen LogP contribution in [0.4, 0.5) is 0 Å². The largest absolute Gasteiger partial charge is 0.491 e. The summed E-state index contributed by atoms with van der Waals surface area (Å²) in [6, 6.07) is 14.4. The van der Waals surface area contributed by atoms with Crippen LogP contribution in [0.1, 0.15) is 10.9 Å². The van der Waals surface area contributed by atoms with Gasteiger partial charge in [0, 0.05) is 0 Å². The van der Waals surface area contributed by atoms with Crippen LogP contribution in [0.5, 0.6) is 5.75 Å². The SMILES string of the molecule is C[NH+](C)[C@@H](C[NH2+]C[C@H](O)COc1ccccc1)c1cccs1. The summed E-state index contributed by atoms with van der Waals surface area (Å²) < 4.78 is 5.57. The summed E-state index contributed by atoms with van der Waals surface area (Å²) >= 11 is 1.80. The predicted molar refractivity (Wildman–Crippen MR) is 89.5 cm³/mol. The fourth-order valence-corrected chi connectivity index (χ4v) is 3.33. The minimum absolute atomic E-state index is 0.332. The summed E-state index contributed by atoms with van der Waals surface area (Å²) in [5, 5.41) is 14.3. The summed E-state index contributed by atoms with van der Waals surface area (Å²) in [6.45, 7) is 1.95. The fraction of sp³-hybridized carbons (Fsp3) is 0.412. The van der Waals surface area contributed by atoms with Gasteiger partial charge in [0.2, 0.25) is 0 Å². The molecule has 120 valence electrons. The quantitative estimate of drug-likeness (QED) is 0.606. The lowest BCUT2D eigenvalue weighted by Crippen LogP contribution is -3.09. The molecule has 1 heterocycles. The third-order valence-corrected chi connectivity index (χ3v) is 4.60. The van der Waals surface area contributed by atoms with E-state index in [2.05, 4.69) is 36.9 Å². The molecule has 0 spiro atoms. The van der Waals surface area contributed by atoms with E-state index in [1.807, 2.05) is 30.3 Å². The van der Waals surface area contributed by atoms with E-state index in [4.69, 9.17) is 4.74 Å². The van der Waals surface area contributed by atoms with Crippen molar-refractivity contribution in [2.45, 2.75) is 12.1 Å². The molecule has 1 aromatic carbocycles. The summed E-state index contributed by atoms with van der Waals surface area (Å²) in [6.07, 6.45) is -0.457. The van der Waals surface area contributed by atoms with Crippen molar-refractivity contribution < 1.29 is 20.1 Å². The maximum Gasteiger partial charge on any atom is 0.171 e. The van der Waals surface area contributed by atoms with E-state index in [0.717, 1.165) is 12.3 Å². The Hall–Kier alpha value is -1.40. The highest BCUT2D eigenvalue weighted by molar-refractivity contribution is 7.10. The van der Waals surface area contributed by atoms with Gasteiger partial charge in [0.15, 0.2) is 6.04 Å². The van der Waals surface area contributed by atoms with Crippen LogP contribution in [0.15, 0.2) is 47.8 Å². The average Bonchev–Trinajstić information content (AvgIpc) is 3.04. The zero-order valence-corrected chi connectivity index (χ0v) is 14.1. The summed E-state index contributed by atoms with van der Waals surface area (Å²) in [5.74, 6) is 0.802. The number of para-hydroxylation sites is 1. The van der Waals surface area contributed by atoms with E-state index in [9.17, 15) is 5.11 Å². The number of nitrogens with two attached hydrogens (primary N) is 1. The monoisotopic (exact) mass is 322 g/mol. The highest BCUT2D eigenvalue weighted by atomic mass is 32.1. The fourth-order valence-electron chi connectivity index (χ4n) is 2.36. The topological polar surface area (TPSA) is 50.5 Å². The molecule has 2 rings (SSSR count). The Balaban J connectivity index is 1.70. The molecule has 4 nitrogen and oxygen atoms in total.